The van der Waals surface area contributed by atoms with Gasteiger partial charge in [0.2, 0.25) is 0 Å². The van der Waals surface area contributed by atoms with Gasteiger partial charge in [0.15, 0.2) is 0 Å². The van der Waals surface area contributed by atoms with Gasteiger partial charge >= 0.3 is 0 Å². The summed E-state index contributed by atoms with van der Waals surface area (Å²) in [6, 6.07) is 19.1. The highest BCUT2D eigenvalue weighted by Crippen LogP contribution is 2.36. The lowest BCUT2D eigenvalue weighted by Gasteiger charge is -2.29. The Morgan fingerprint density at radius 2 is 1.70 bits per heavy atom. The van der Waals surface area contributed by atoms with Crippen molar-refractivity contribution >= 4 is 11.5 Å². The number of benzene rings is 2. The van der Waals surface area contributed by atoms with Gasteiger partial charge in [0.25, 0.3) is 0 Å². The average molecular weight is 307 g/mol. The fourth-order valence-corrected chi connectivity index (χ4v) is 3.72. The number of carbonyl (C=O) groups is 1. The summed E-state index contributed by atoms with van der Waals surface area (Å²) in [6.45, 7) is 0. The SMILES string of the molecule is CN(C)c1ccccc1CC1CC(c2ccccc2)CCC1=O. The third-order valence-corrected chi connectivity index (χ3v) is 4.97. The lowest BCUT2D eigenvalue weighted by molar-refractivity contribution is -0.124. The molecule has 1 aliphatic carbocycles. The monoisotopic (exact) mass is 307 g/mol. The molecule has 0 aliphatic heterocycles. The zero-order valence-electron chi connectivity index (χ0n) is 14.0. The number of ketones is 1. The van der Waals surface area contributed by atoms with Gasteiger partial charge in [-0.2, -0.15) is 0 Å². The zero-order chi connectivity index (χ0) is 16.2. The van der Waals surface area contributed by atoms with Crippen LogP contribution in [0.2, 0.25) is 0 Å². The Morgan fingerprint density at radius 1 is 1.00 bits per heavy atom. The van der Waals surface area contributed by atoms with Crippen LogP contribution in [0.15, 0.2) is 54.6 Å². The molecule has 0 bridgehead atoms. The van der Waals surface area contributed by atoms with Crippen LogP contribution in [-0.4, -0.2) is 19.9 Å². The van der Waals surface area contributed by atoms with E-state index in [1.54, 1.807) is 0 Å². The summed E-state index contributed by atoms with van der Waals surface area (Å²) in [7, 11) is 4.13. The van der Waals surface area contributed by atoms with E-state index in [0.29, 0.717) is 18.1 Å². The van der Waals surface area contributed by atoms with Crippen LogP contribution in [0.5, 0.6) is 0 Å². The minimum atomic E-state index is 0.148. The summed E-state index contributed by atoms with van der Waals surface area (Å²) in [4.78, 5) is 14.6. The standard InChI is InChI=1S/C21H25NO/c1-22(2)20-11-7-6-10-18(20)15-19-14-17(12-13-21(19)23)16-8-4-3-5-9-16/h3-11,17,19H,12-15H2,1-2H3. The average Bonchev–Trinajstić information content (AvgIpc) is 2.58. The zero-order valence-corrected chi connectivity index (χ0v) is 14.0. The third-order valence-electron chi connectivity index (χ3n) is 4.97. The highest BCUT2D eigenvalue weighted by atomic mass is 16.1. The van der Waals surface area contributed by atoms with Crippen LogP contribution in [0.4, 0.5) is 5.69 Å². The molecular weight excluding hydrogens is 282 g/mol. The topological polar surface area (TPSA) is 20.3 Å². The predicted molar refractivity (Wildman–Crippen MR) is 96.0 cm³/mol. The van der Waals surface area contributed by atoms with Crippen LogP contribution in [-0.2, 0) is 11.2 Å². The molecule has 2 aromatic carbocycles. The molecule has 2 unspecified atom stereocenters. The van der Waals surface area contributed by atoms with Crippen molar-refractivity contribution in [3.05, 3.63) is 65.7 Å². The van der Waals surface area contributed by atoms with Crippen molar-refractivity contribution in [1.82, 2.24) is 0 Å². The molecular formula is C21H25NO. The molecule has 2 atom stereocenters. The molecule has 0 saturated heterocycles. The van der Waals surface area contributed by atoms with E-state index in [2.05, 4.69) is 73.6 Å². The Morgan fingerprint density at radius 3 is 2.43 bits per heavy atom. The van der Waals surface area contributed by atoms with Crippen LogP contribution in [0.1, 0.15) is 36.3 Å². The number of Topliss-reactive ketones (excluding diaryl/α,β-unsaturated/α-hetero) is 1. The first kappa shape index (κ1) is 15.8. The first-order valence-electron chi connectivity index (χ1n) is 8.48. The number of carbonyl (C=O) groups excluding carboxylic acids is 1. The Labute approximate surface area is 139 Å². The summed E-state index contributed by atoms with van der Waals surface area (Å²) in [5.41, 5.74) is 3.89. The van der Waals surface area contributed by atoms with E-state index in [9.17, 15) is 4.79 Å². The Balaban J connectivity index is 1.78. The van der Waals surface area contributed by atoms with Gasteiger partial charge in [-0.3, -0.25) is 4.79 Å². The van der Waals surface area contributed by atoms with Crippen LogP contribution in [0.3, 0.4) is 0 Å². The lowest BCUT2D eigenvalue weighted by Crippen LogP contribution is -2.26. The van der Waals surface area contributed by atoms with Crippen LogP contribution >= 0.6 is 0 Å². The number of hydrogen-bond acceptors (Lipinski definition) is 2. The van der Waals surface area contributed by atoms with Crippen molar-refractivity contribution < 1.29 is 4.79 Å². The molecule has 1 saturated carbocycles. The quantitative estimate of drug-likeness (QED) is 0.832. The van der Waals surface area contributed by atoms with Gasteiger partial charge in [-0.05, 0) is 42.4 Å². The summed E-state index contributed by atoms with van der Waals surface area (Å²) < 4.78 is 0. The summed E-state index contributed by atoms with van der Waals surface area (Å²) in [5.74, 6) is 1.10. The second kappa shape index (κ2) is 6.99. The highest BCUT2D eigenvalue weighted by molar-refractivity contribution is 5.82. The maximum Gasteiger partial charge on any atom is 0.136 e. The molecule has 0 amide bonds. The van der Waals surface area contributed by atoms with Crippen molar-refractivity contribution in [1.29, 1.82) is 0 Å². The van der Waals surface area contributed by atoms with Crippen molar-refractivity contribution in [3.8, 4) is 0 Å². The number of rotatable bonds is 4. The Kier molecular flexibility index (Phi) is 4.80. The number of nitrogens with zero attached hydrogens (tertiary/aromatic N) is 1. The lowest BCUT2D eigenvalue weighted by atomic mass is 9.75. The van der Waals surface area contributed by atoms with E-state index >= 15 is 0 Å². The fourth-order valence-electron chi connectivity index (χ4n) is 3.72. The van der Waals surface area contributed by atoms with Crippen molar-refractivity contribution in [3.63, 3.8) is 0 Å². The molecule has 2 aromatic rings. The van der Waals surface area contributed by atoms with Gasteiger partial charge in [0, 0.05) is 32.1 Å². The van der Waals surface area contributed by atoms with Crippen LogP contribution in [0, 0.1) is 5.92 Å². The highest BCUT2D eigenvalue weighted by Gasteiger charge is 2.30. The van der Waals surface area contributed by atoms with Gasteiger partial charge in [-0.1, -0.05) is 48.5 Å². The van der Waals surface area contributed by atoms with E-state index in [4.69, 9.17) is 0 Å². The molecule has 2 nitrogen and oxygen atoms in total. The van der Waals surface area contributed by atoms with E-state index < -0.39 is 0 Å². The van der Waals surface area contributed by atoms with Crippen molar-refractivity contribution in [2.45, 2.75) is 31.6 Å². The van der Waals surface area contributed by atoms with Gasteiger partial charge in [0.05, 0.1) is 0 Å². The van der Waals surface area contributed by atoms with Gasteiger partial charge in [-0.25, -0.2) is 0 Å². The molecule has 0 aromatic heterocycles. The van der Waals surface area contributed by atoms with Gasteiger partial charge in [-0.15, -0.1) is 0 Å². The summed E-state index contributed by atoms with van der Waals surface area (Å²) in [5, 5.41) is 0. The van der Waals surface area contributed by atoms with Crippen LogP contribution < -0.4 is 4.90 Å². The van der Waals surface area contributed by atoms with Gasteiger partial charge < -0.3 is 4.90 Å². The van der Waals surface area contributed by atoms with E-state index in [1.165, 1.54) is 16.8 Å². The number of anilines is 1. The third kappa shape index (κ3) is 3.64. The van der Waals surface area contributed by atoms with E-state index in [-0.39, 0.29) is 5.92 Å². The van der Waals surface area contributed by atoms with Crippen molar-refractivity contribution in [2.75, 3.05) is 19.0 Å². The number of para-hydroxylation sites is 1. The first-order chi connectivity index (χ1) is 11.1. The smallest absolute Gasteiger partial charge is 0.136 e. The van der Waals surface area contributed by atoms with Crippen molar-refractivity contribution in [2.24, 2.45) is 5.92 Å². The molecule has 0 N–H and O–H groups in total. The molecule has 0 radical (unpaired) electrons. The molecule has 1 aliphatic rings. The molecule has 1 fully saturated rings. The summed E-state index contributed by atoms with van der Waals surface area (Å²) >= 11 is 0. The molecule has 23 heavy (non-hydrogen) atoms. The summed E-state index contributed by atoms with van der Waals surface area (Å²) in [6.07, 6.45) is 3.55. The van der Waals surface area contributed by atoms with E-state index in [1.807, 2.05) is 0 Å². The molecule has 120 valence electrons. The fraction of sp³-hybridized carbons (Fsp3) is 0.381. The molecule has 2 heteroatoms. The largest absolute Gasteiger partial charge is 0.377 e. The molecule has 0 spiro atoms. The number of hydrogen-bond donors (Lipinski definition) is 0. The Hall–Kier alpha value is -2.09. The second-order valence-corrected chi connectivity index (χ2v) is 6.77. The molecule has 3 rings (SSSR count). The molecule has 0 heterocycles. The van der Waals surface area contributed by atoms with E-state index in [0.717, 1.165) is 19.3 Å². The van der Waals surface area contributed by atoms with Crippen LogP contribution in [0.25, 0.3) is 0 Å². The minimum absolute atomic E-state index is 0.148. The minimum Gasteiger partial charge on any atom is -0.377 e. The maximum atomic E-state index is 12.4. The first-order valence-corrected chi connectivity index (χ1v) is 8.48. The predicted octanol–water partition coefficient (Wildman–Crippen LogP) is 4.45. The second-order valence-electron chi connectivity index (χ2n) is 6.77. The van der Waals surface area contributed by atoms with Gasteiger partial charge in [0.1, 0.15) is 5.78 Å². The maximum absolute atomic E-state index is 12.4. The Bertz CT molecular complexity index is 663. The normalized spacial score (nSPS) is 21.2.